The monoisotopic (exact) mass is 279 g/mol. The zero-order chi connectivity index (χ0) is 11.6. The van der Waals surface area contributed by atoms with E-state index < -0.39 is 0 Å². The number of alkyl halides is 1. The van der Waals surface area contributed by atoms with Crippen LogP contribution < -0.4 is 0 Å². The summed E-state index contributed by atoms with van der Waals surface area (Å²) >= 11 is 3.55. The third-order valence-corrected chi connectivity index (χ3v) is 4.46. The molecule has 1 nitrogen and oxygen atoms in total. The van der Waals surface area contributed by atoms with Crippen molar-refractivity contribution < 1.29 is 5.11 Å². The van der Waals surface area contributed by atoms with Crippen LogP contribution in [0.5, 0.6) is 0 Å². The number of aliphatic hydroxyl groups is 1. The second-order valence-electron chi connectivity index (χ2n) is 4.42. The summed E-state index contributed by atoms with van der Waals surface area (Å²) in [6, 6.07) is 8.11. The molecule has 85 valence electrons. The summed E-state index contributed by atoms with van der Waals surface area (Å²) < 4.78 is 0. The van der Waals surface area contributed by atoms with Crippen LogP contribution in [-0.2, 0) is 6.42 Å². The SMILES string of the molecule is C=CCCC1(CBr)Cc2ccccc2[C]1O. The maximum Gasteiger partial charge on any atom is 0.130 e. The molecule has 1 aromatic rings. The van der Waals surface area contributed by atoms with Crippen molar-refractivity contribution in [3.05, 3.63) is 54.2 Å². The zero-order valence-corrected chi connectivity index (χ0v) is 10.8. The van der Waals surface area contributed by atoms with Crippen LogP contribution in [0.25, 0.3) is 0 Å². The number of allylic oxidation sites excluding steroid dienone is 1. The van der Waals surface area contributed by atoms with Gasteiger partial charge < -0.3 is 5.11 Å². The molecule has 1 aliphatic rings. The van der Waals surface area contributed by atoms with E-state index in [1.165, 1.54) is 5.56 Å². The molecule has 0 saturated carbocycles. The third kappa shape index (κ3) is 1.85. The number of benzene rings is 1. The highest BCUT2D eigenvalue weighted by atomic mass is 79.9. The minimum atomic E-state index is -0.127. The van der Waals surface area contributed by atoms with E-state index in [0.29, 0.717) is 6.10 Å². The first-order chi connectivity index (χ1) is 7.73. The Balaban J connectivity index is 2.29. The van der Waals surface area contributed by atoms with Gasteiger partial charge in [0.05, 0.1) is 0 Å². The van der Waals surface area contributed by atoms with Crippen LogP contribution in [0.15, 0.2) is 36.9 Å². The van der Waals surface area contributed by atoms with E-state index >= 15 is 0 Å². The molecule has 0 bridgehead atoms. The topological polar surface area (TPSA) is 20.2 Å². The number of halogens is 1. The summed E-state index contributed by atoms with van der Waals surface area (Å²) in [6.07, 6.45) is 5.27. The Morgan fingerprint density at radius 3 is 2.81 bits per heavy atom. The second kappa shape index (κ2) is 4.72. The van der Waals surface area contributed by atoms with Crippen LogP contribution >= 0.6 is 15.9 Å². The van der Waals surface area contributed by atoms with Gasteiger partial charge in [-0.15, -0.1) is 6.58 Å². The first-order valence-corrected chi connectivity index (χ1v) is 6.67. The molecular formula is C14H16BrO. The summed E-state index contributed by atoms with van der Waals surface area (Å²) in [5.74, 6) is 0. The first kappa shape index (κ1) is 11.9. The number of rotatable bonds is 4. The van der Waals surface area contributed by atoms with Crippen molar-refractivity contribution >= 4 is 15.9 Å². The maximum atomic E-state index is 10.4. The fraction of sp³-hybridized carbons (Fsp3) is 0.357. The Labute approximate surface area is 105 Å². The summed E-state index contributed by atoms with van der Waals surface area (Å²) in [5.41, 5.74) is 2.15. The van der Waals surface area contributed by atoms with E-state index in [1.807, 2.05) is 24.3 Å². The smallest absolute Gasteiger partial charge is 0.130 e. The van der Waals surface area contributed by atoms with Crippen molar-refractivity contribution in [2.24, 2.45) is 5.41 Å². The number of hydrogen-bond acceptors (Lipinski definition) is 1. The summed E-state index contributed by atoms with van der Waals surface area (Å²) in [5, 5.41) is 11.2. The summed E-state index contributed by atoms with van der Waals surface area (Å²) in [4.78, 5) is 0. The van der Waals surface area contributed by atoms with Crippen LogP contribution in [0.1, 0.15) is 24.0 Å². The molecule has 0 aromatic heterocycles. The molecule has 0 amide bonds. The molecule has 0 aliphatic heterocycles. The normalized spacial score (nSPS) is 24.4. The molecule has 0 fully saturated rings. The van der Waals surface area contributed by atoms with Gasteiger partial charge in [-0.3, -0.25) is 0 Å². The van der Waals surface area contributed by atoms with Gasteiger partial charge in [-0.05, 0) is 30.4 Å². The van der Waals surface area contributed by atoms with Crippen molar-refractivity contribution in [1.29, 1.82) is 0 Å². The van der Waals surface area contributed by atoms with Crippen molar-refractivity contribution in [2.75, 3.05) is 5.33 Å². The standard InChI is InChI=1S/C14H16BrO/c1-2-3-8-14(10-15)9-11-6-4-5-7-12(11)13(14)16/h2,4-7,16H,1,3,8-10H2. The third-order valence-electron chi connectivity index (χ3n) is 3.39. The average Bonchev–Trinajstić information content (AvgIpc) is 2.61. The lowest BCUT2D eigenvalue weighted by atomic mass is 9.80. The predicted octanol–water partition coefficient (Wildman–Crippen LogP) is 3.84. The van der Waals surface area contributed by atoms with E-state index in [4.69, 9.17) is 0 Å². The van der Waals surface area contributed by atoms with Gasteiger partial charge in [-0.25, -0.2) is 0 Å². The Morgan fingerprint density at radius 1 is 1.44 bits per heavy atom. The molecule has 1 aromatic carbocycles. The Hall–Kier alpha value is -0.600. The molecule has 0 heterocycles. The van der Waals surface area contributed by atoms with Gasteiger partial charge in [0, 0.05) is 10.7 Å². The lowest BCUT2D eigenvalue weighted by Gasteiger charge is -2.29. The predicted molar refractivity (Wildman–Crippen MR) is 70.1 cm³/mol. The number of hydrogen-bond donors (Lipinski definition) is 1. The maximum absolute atomic E-state index is 10.4. The number of aliphatic hydroxyl groups excluding tert-OH is 1. The van der Waals surface area contributed by atoms with E-state index in [-0.39, 0.29) is 5.41 Å². The molecule has 2 rings (SSSR count). The van der Waals surface area contributed by atoms with E-state index in [2.05, 4.69) is 28.6 Å². The van der Waals surface area contributed by atoms with Gasteiger partial charge in [-0.1, -0.05) is 46.3 Å². The molecule has 16 heavy (non-hydrogen) atoms. The van der Waals surface area contributed by atoms with Gasteiger partial charge in [0.1, 0.15) is 6.10 Å². The minimum absolute atomic E-state index is 0.127. The molecule has 2 heteroatoms. The molecular weight excluding hydrogens is 264 g/mol. The van der Waals surface area contributed by atoms with Crippen LogP contribution in [-0.4, -0.2) is 10.4 Å². The zero-order valence-electron chi connectivity index (χ0n) is 9.25. The van der Waals surface area contributed by atoms with Gasteiger partial charge >= 0.3 is 0 Å². The summed E-state index contributed by atoms with van der Waals surface area (Å²) in [7, 11) is 0. The van der Waals surface area contributed by atoms with E-state index in [1.54, 1.807) is 0 Å². The van der Waals surface area contributed by atoms with Crippen molar-refractivity contribution in [1.82, 2.24) is 0 Å². The van der Waals surface area contributed by atoms with Crippen LogP contribution in [0.3, 0.4) is 0 Å². The molecule has 1 atom stereocenters. The largest absolute Gasteiger partial charge is 0.381 e. The van der Waals surface area contributed by atoms with Gasteiger partial charge in [0.15, 0.2) is 0 Å². The molecule has 1 aliphatic carbocycles. The molecule has 0 spiro atoms. The quantitative estimate of drug-likeness (QED) is 0.656. The highest BCUT2D eigenvalue weighted by molar-refractivity contribution is 9.09. The van der Waals surface area contributed by atoms with Crippen LogP contribution in [0, 0.1) is 11.5 Å². The minimum Gasteiger partial charge on any atom is -0.381 e. The average molecular weight is 280 g/mol. The molecule has 1 radical (unpaired) electrons. The molecule has 1 N–H and O–H groups in total. The summed E-state index contributed by atoms with van der Waals surface area (Å²) in [6.45, 7) is 3.76. The molecule has 1 unspecified atom stereocenters. The van der Waals surface area contributed by atoms with Gasteiger partial charge in [0.2, 0.25) is 0 Å². The van der Waals surface area contributed by atoms with Crippen molar-refractivity contribution in [3.8, 4) is 0 Å². The highest BCUT2D eigenvalue weighted by Crippen LogP contribution is 2.48. The molecule has 0 saturated heterocycles. The van der Waals surface area contributed by atoms with Gasteiger partial charge in [-0.2, -0.15) is 0 Å². The highest BCUT2D eigenvalue weighted by Gasteiger charge is 2.44. The second-order valence-corrected chi connectivity index (χ2v) is 4.98. The van der Waals surface area contributed by atoms with Crippen molar-refractivity contribution in [3.63, 3.8) is 0 Å². The fourth-order valence-corrected chi connectivity index (χ4v) is 3.15. The lowest BCUT2D eigenvalue weighted by molar-refractivity contribution is 0.182. The Bertz CT molecular complexity index is 388. The lowest BCUT2D eigenvalue weighted by Crippen LogP contribution is -2.28. The Kier molecular flexibility index (Phi) is 3.50. The van der Waals surface area contributed by atoms with Gasteiger partial charge in [0.25, 0.3) is 0 Å². The first-order valence-electron chi connectivity index (χ1n) is 5.55. The van der Waals surface area contributed by atoms with Crippen molar-refractivity contribution in [2.45, 2.75) is 19.3 Å². The fourth-order valence-electron chi connectivity index (χ4n) is 2.40. The van der Waals surface area contributed by atoms with E-state index in [0.717, 1.165) is 30.2 Å². The number of fused-ring (bicyclic) bond motifs is 1. The van der Waals surface area contributed by atoms with E-state index in [9.17, 15) is 5.11 Å². The van der Waals surface area contributed by atoms with Crippen LogP contribution in [0.2, 0.25) is 0 Å². The Morgan fingerprint density at radius 2 is 2.19 bits per heavy atom. The van der Waals surface area contributed by atoms with Crippen LogP contribution in [0.4, 0.5) is 0 Å².